The predicted octanol–water partition coefficient (Wildman–Crippen LogP) is 1.44. The van der Waals surface area contributed by atoms with Crippen LogP contribution in [0.4, 0.5) is 5.82 Å². The molecular formula is C19H34BrClN8O2. The molecule has 1 aromatic rings. The molecule has 1 fully saturated rings. The first-order valence-electron chi connectivity index (χ1n) is 10.0. The molecule has 31 heavy (non-hydrogen) atoms. The zero-order valence-electron chi connectivity index (χ0n) is 18.5. The van der Waals surface area contributed by atoms with Gasteiger partial charge in [-0.2, -0.15) is 0 Å². The Kier molecular flexibility index (Phi) is 17.1. The van der Waals surface area contributed by atoms with Crippen LogP contribution in [0, 0.1) is 0 Å². The van der Waals surface area contributed by atoms with Crippen LogP contribution in [0.3, 0.4) is 0 Å². The lowest BCUT2D eigenvalue weighted by atomic mass is 10.3. The fourth-order valence-corrected chi connectivity index (χ4v) is 2.70. The summed E-state index contributed by atoms with van der Waals surface area (Å²) in [5.41, 5.74) is 5.77. The van der Waals surface area contributed by atoms with E-state index in [4.69, 9.17) is 10.5 Å². The van der Waals surface area contributed by atoms with Crippen molar-refractivity contribution in [3.8, 4) is 0 Å². The summed E-state index contributed by atoms with van der Waals surface area (Å²) in [4.78, 5) is 32.0. The van der Waals surface area contributed by atoms with Crippen molar-refractivity contribution in [1.29, 1.82) is 0 Å². The van der Waals surface area contributed by atoms with E-state index < -0.39 is 0 Å². The zero-order valence-corrected chi connectivity index (χ0v) is 20.9. The lowest BCUT2D eigenvalue weighted by Gasteiger charge is -2.26. The Morgan fingerprint density at radius 3 is 2.74 bits per heavy atom. The molecule has 1 aliphatic rings. The standard InChI is InChI=1S/C11H16BrN5O2.C8H17N3.ClH/c12-8-7-15-10(13)9(16-8)11(18)14-1-2-17-3-5-19-6-4-17;1-4-9-8-10-6-5-7-11(2)3;/h7H,1-6H2,(H2,13,15)(H,14,18);4-7H2,1-3H3;1H. The van der Waals surface area contributed by atoms with Crippen molar-refractivity contribution in [2.75, 3.05) is 78.9 Å². The second kappa shape index (κ2) is 18.0. The normalized spacial score (nSPS) is 13.3. The second-order valence-electron chi connectivity index (χ2n) is 6.75. The van der Waals surface area contributed by atoms with E-state index in [1.165, 1.54) is 6.20 Å². The third-order valence-electron chi connectivity index (χ3n) is 3.98. The van der Waals surface area contributed by atoms with Gasteiger partial charge in [0, 0.05) is 32.7 Å². The zero-order chi connectivity index (χ0) is 22.2. The van der Waals surface area contributed by atoms with Crippen molar-refractivity contribution in [1.82, 2.24) is 25.1 Å². The number of carbonyl (C=O) groups excluding carboxylic acids is 1. The molecule has 2 rings (SSSR count). The van der Waals surface area contributed by atoms with Crippen LogP contribution in [0.1, 0.15) is 23.8 Å². The summed E-state index contributed by atoms with van der Waals surface area (Å²) in [6, 6.07) is 2.64. The monoisotopic (exact) mass is 520 g/mol. The number of hydrogen-bond donors (Lipinski definition) is 2. The molecule has 10 nitrogen and oxygen atoms in total. The third kappa shape index (κ3) is 14.1. The third-order valence-corrected chi connectivity index (χ3v) is 4.36. The molecule has 2 heterocycles. The molecule has 0 saturated carbocycles. The van der Waals surface area contributed by atoms with Crippen molar-refractivity contribution in [3.05, 3.63) is 16.5 Å². The van der Waals surface area contributed by atoms with Gasteiger partial charge >= 0.3 is 0 Å². The molecule has 0 bridgehead atoms. The van der Waals surface area contributed by atoms with Crippen molar-refractivity contribution < 1.29 is 9.53 Å². The van der Waals surface area contributed by atoms with E-state index in [9.17, 15) is 4.79 Å². The number of aromatic nitrogens is 2. The number of hydrogen-bond acceptors (Lipinski definition) is 9. The van der Waals surface area contributed by atoms with Crippen LogP contribution < -0.4 is 11.1 Å². The summed E-state index contributed by atoms with van der Waals surface area (Å²) >= 11 is 3.16. The van der Waals surface area contributed by atoms with E-state index in [-0.39, 0.29) is 29.8 Å². The predicted molar refractivity (Wildman–Crippen MR) is 129 cm³/mol. The van der Waals surface area contributed by atoms with Gasteiger partial charge in [0.25, 0.3) is 5.91 Å². The van der Waals surface area contributed by atoms with Gasteiger partial charge in [-0.05, 0) is 49.9 Å². The largest absolute Gasteiger partial charge is 0.382 e. The Hall–Kier alpha value is -1.62. The summed E-state index contributed by atoms with van der Waals surface area (Å²) in [5.74, 6) is -0.174. The van der Waals surface area contributed by atoms with Gasteiger partial charge in [-0.15, -0.1) is 12.4 Å². The van der Waals surface area contributed by atoms with E-state index in [0.717, 1.165) is 58.9 Å². The number of nitrogens with two attached hydrogens (primary N) is 1. The van der Waals surface area contributed by atoms with Crippen LogP contribution in [0.25, 0.3) is 0 Å². The summed E-state index contributed by atoms with van der Waals surface area (Å²) in [5, 5.41) is 2.79. The fourth-order valence-electron chi connectivity index (χ4n) is 2.42. The number of nitrogen functional groups attached to an aromatic ring is 1. The highest BCUT2D eigenvalue weighted by Gasteiger charge is 2.14. The smallest absolute Gasteiger partial charge is 0.273 e. The van der Waals surface area contributed by atoms with Gasteiger partial charge in [0.05, 0.1) is 32.0 Å². The number of amides is 1. The maximum absolute atomic E-state index is 11.9. The summed E-state index contributed by atoms with van der Waals surface area (Å²) in [7, 11) is 4.12. The van der Waals surface area contributed by atoms with Gasteiger partial charge in [0.2, 0.25) is 0 Å². The molecule has 0 unspecified atom stereocenters. The molecule has 1 aliphatic heterocycles. The number of morpholine rings is 1. The Balaban J connectivity index is 0.000000650. The number of carbonyl (C=O) groups is 1. The minimum atomic E-state index is -0.306. The van der Waals surface area contributed by atoms with E-state index >= 15 is 0 Å². The lowest BCUT2D eigenvalue weighted by molar-refractivity contribution is 0.0383. The minimum absolute atomic E-state index is 0. The van der Waals surface area contributed by atoms with Crippen LogP contribution >= 0.6 is 28.3 Å². The molecule has 1 aromatic heterocycles. The number of anilines is 1. The summed E-state index contributed by atoms with van der Waals surface area (Å²) in [6.45, 7) is 9.29. The van der Waals surface area contributed by atoms with Crippen LogP contribution in [0.2, 0.25) is 0 Å². The highest BCUT2D eigenvalue weighted by molar-refractivity contribution is 9.10. The van der Waals surface area contributed by atoms with Gasteiger partial charge in [-0.3, -0.25) is 9.69 Å². The first-order chi connectivity index (χ1) is 14.4. The molecule has 0 aromatic carbocycles. The van der Waals surface area contributed by atoms with Gasteiger partial charge in [-0.1, -0.05) is 0 Å². The molecule has 3 N–H and O–H groups in total. The van der Waals surface area contributed by atoms with Crippen LogP contribution in [0.5, 0.6) is 0 Å². The molecule has 1 saturated heterocycles. The first-order valence-corrected chi connectivity index (χ1v) is 10.8. The van der Waals surface area contributed by atoms with E-state index in [2.05, 4.69) is 71.1 Å². The Labute approximate surface area is 199 Å². The van der Waals surface area contributed by atoms with Crippen molar-refractivity contribution >= 4 is 46.1 Å². The fraction of sp³-hybridized carbons (Fsp3) is 0.684. The molecular weight excluding hydrogens is 488 g/mol. The molecule has 176 valence electrons. The number of rotatable bonds is 9. The van der Waals surface area contributed by atoms with E-state index in [1.54, 1.807) is 0 Å². The van der Waals surface area contributed by atoms with Crippen molar-refractivity contribution in [2.24, 2.45) is 9.98 Å². The molecule has 0 radical (unpaired) electrons. The topological polar surface area (TPSA) is 121 Å². The maximum Gasteiger partial charge on any atom is 0.273 e. The SMILES string of the molecule is CCN=C=NCCCN(C)C.Cl.Nc1ncc(Br)nc1C(=O)NCCN1CCOCC1. The first kappa shape index (κ1) is 29.4. The van der Waals surface area contributed by atoms with Gasteiger partial charge < -0.3 is 20.7 Å². The molecule has 12 heteroatoms. The minimum Gasteiger partial charge on any atom is -0.382 e. The van der Waals surface area contributed by atoms with Crippen molar-refractivity contribution in [3.63, 3.8) is 0 Å². The maximum atomic E-state index is 11.9. The number of halogens is 2. The molecule has 0 atom stereocenters. The van der Waals surface area contributed by atoms with Crippen LogP contribution in [-0.2, 0) is 4.74 Å². The summed E-state index contributed by atoms with van der Waals surface area (Å²) in [6.07, 6.45) is 2.54. The van der Waals surface area contributed by atoms with Gasteiger partial charge in [0.15, 0.2) is 11.5 Å². The average Bonchev–Trinajstić information content (AvgIpc) is 2.73. The molecule has 0 spiro atoms. The second-order valence-corrected chi connectivity index (χ2v) is 7.56. The number of ether oxygens (including phenoxy) is 1. The average molecular weight is 522 g/mol. The Bertz CT molecular complexity index is 695. The quantitative estimate of drug-likeness (QED) is 0.372. The van der Waals surface area contributed by atoms with Crippen LogP contribution in [0.15, 0.2) is 20.8 Å². The van der Waals surface area contributed by atoms with Gasteiger partial charge in [0.1, 0.15) is 4.60 Å². The lowest BCUT2D eigenvalue weighted by Crippen LogP contribution is -2.41. The highest BCUT2D eigenvalue weighted by Crippen LogP contribution is 2.10. The van der Waals surface area contributed by atoms with Crippen LogP contribution in [-0.4, -0.2) is 105 Å². The Morgan fingerprint density at radius 1 is 1.39 bits per heavy atom. The highest BCUT2D eigenvalue weighted by atomic mass is 79.9. The number of nitrogens with zero attached hydrogens (tertiary/aromatic N) is 6. The molecule has 1 amide bonds. The van der Waals surface area contributed by atoms with Gasteiger partial charge in [-0.25, -0.2) is 20.0 Å². The number of aliphatic imine (C=N–C) groups is 2. The van der Waals surface area contributed by atoms with E-state index in [1.807, 2.05) is 6.92 Å². The summed E-state index contributed by atoms with van der Waals surface area (Å²) < 4.78 is 5.74. The number of nitrogens with one attached hydrogen (secondary N) is 1. The van der Waals surface area contributed by atoms with Crippen molar-refractivity contribution in [2.45, 2.75) is 13.3 Å². The molecule has 0 aliphatic carbocycles. The Morgan fingerprint density at radius 2 is 2.10 bits per heavy atom. The van der Waals surface area contributed by atoms with E-state index in [0.29, 0.717) is 11.1 Å².